The molecule has 2 nitrogen and oxygen atoms in total. The molecule has 0 saturated heterocycles. The summed E-state index contributed by atoms with van der Waals surface area (Å²) in [6.45, 7) is 1.32. The molecule has 1 amide bonds. The lowest BCUT2D eigenvalue weighted by Crippen LogP contribution is -2.35. The van der Waals surface area contributed by atoms with Crippen molar-refractivity contribution >= 4 is 11.6 Å². The molecule has 0 fully saturated rings. The first kappa shape index (κ1) is 28.0. The topological polar surface area (TPSA) is 20.3 Å². The first-order chi connectivity index (χ1) is 18.4. The molecule has 4 aromatic rings. The van der Waals surface area contributed by atoms with Crippen LogP contribution in [-0.4, -0.2) is 12.5 Å². The zero-order valence-electron chi connectivity index (χ0n) is 20.9. The Kier molecular flexibility index (Phi) is 8.14. The lowest BCUT2D eigenvalue weighted by molar-refractivity contribution is -0.138. The van der Waals surface area contributed by atoms with Crippen LogP contribution < -0.4 is 4.90 Å². The number of rotatable bonds is 7. The minimum Gasteiger partial charge on any atom is -0.312 e. The van der Waals surface area contributed by atoms with Crippen LogP contribution in [0.3, 0.4) is 0 Å². The minimum atomic E-state index is -4.53. The Bertz CT molecular complexity index is 1330. The average molecular weight is 542 g/mol. The maximum absolute atomic E-state index is 13.3. The van der Waals surface area contributed by atoms with E-state index in [1.807, 2.05) is 60.7 Å². The number of anilines is 1. The highest BCUT2D eigenvalue weighted by molar-refractivity contribution is 5.91. The number of benzene rings is 4. The van der Waals surface area contributed by atoms with E-state index in [9.17, 15) is 31.1 Å². The van der Waals surface area contributed by atoms with E-state index in [4.69, 9.17) is 0 Å². The van der Waals surface area contributed by atoms with Gasteiger partial charge in [-0.2, -0.15) is 26.3 Å². The van der Waals surface area contributed by atoms with Crippen LogP contribution in [0.25, 0.3) is 0 Å². The van der Waals surface area contributed by atoms with Crippen LogP contribution >= 0.6 is 0 Å². The van der Waals surface area contributed by atoms with Crippen molar-refractivity contribution in [1.82, 2.24) is 0 Å². The highest BCUT2D eigenvalue weighted by Gasteiger charge is 2.34. The largest absolute Gasteiger partial charge is 0.416 e. The molecular weight excluding hydrogens is 516 g/mol. The van der Waals surface area contributed by atoms with Gasteiger partial charge in [0.05, 0.1) is 11.1 Å². The fourth-order valence-corrected chi connectivity index (χ4v) is 4.74. The molecule has 0 bridgehead atoms. The van der Waals surface area contributed by atoms with Gasteiger partial charge in [-0.05, 0) is 53.1 Å². The van der Waals surface area contributed by atoms with Crippen molar-refractivity contribution in [3.8, 4) is 0 Å². The number of carbonyl (C=O) groups is 1. The van der Waals surface area contributed by atoms with Gasteiger partial charge in [0.1, 0.15) is 0 Å². The molecule has 39 heavy (non-hydrogen) atoms. The fourth-order valence-electron chi connectivity index (χ4n) is 4.74. The van der Waals surface area contributed by atoms with Crippen LogP contribution in [0, 0.1) is 0 Å². The zero-order chi connectivity index (χ0) is 28.2. The molecule has 202 valence electrons. The molecule has 0 radical (unpaired) electrons. The summed E-state index contributed by atoms with van der Waals surface area (Å²) >= 11 is 0. The first-order valence-electron chi connectivity index (χ1n) is 12.2. The molecule has 0 aromatic heterocycles. The molecule has 0 N–H and O–H groups in total. The number of amides is 1. The van der Waals surface area contributed by atoms with Crippen molar-refractivity contribution < 1.29 is 31.1 Å². The Morgan fingerprint density at radius 1 is 0.615 bits per heavy atom. The van der Waals surface area contributed by atoms with E-state index >= 15 is 0 Å². The summed E-state index contributed by atoms with van der Waals surface area (Å²) in [7, 11) is 0. The van der Waals surface area contributed by atoms with Crippen LogP contribution in [0.5, 0.6) is 0 Å². The van der Waals surface area contributed by atoms with Gasteiger partial charge in [0.15, 0.2) is 0 Å². The Morgan fingerprint density at radius 3 is 1.41 bits per heavy atom. The van der Waals surface area contributed by atoms with Crippen molar-refractivity contribution in [3.63, 3.8) is 0 Å². The summed E-state index contributed by atoms with van der Waals surface area (Å²) in [6, 6.07) is 27.8. The van der Waals surface area contributed by atoms with Gasteiger partial charge in [0, 0.05) is 31.0 Å². The monoisotopic (exact) mass is 541 g/mol. The summed E-state index contributed by atoms with van der Waals surface area (Å²) in [6.07, 6.45) is -9.05. The summed E-state index contributed by atoms with van der Waals surface area (Å²) < 4.78 is 79.4. The van der Waals surface area contributed by atoms with E-state index in [1.165, 1.54) is 36.1 Å². The molecule has 0 aliphatic rings. The second-order valence-electron chi connectivity index (χ2n) is 9.20. The van der Waals surface area contributed by atoms with Gasteiger partial charge in [-0.25, -0.2) is 0 Å². The van der Waals surface area contributed by atoms with E-state index < -0.39 is 35.3 Å². The number of hydrogen-bond donors (Lipinski definition) is 0. The Labute approximate surface area is 222 Å². The molecule has 0 aliphatic carbocycles. The standard InChI is InChI=1S/C31H25F6NO/c1-21(39)38(27-18-16-26(17-19-27)31(35,36)37)20-28(22-12-14-25(15-13-22)30(32,33)34)29(23-8-4-2-5-9-23)24-10-6-3-7-11-24/h2-19,28-29H,20H2,1H3. The second kappa shape index (κ2) is 11.4. The zero-order valence-corrected chi connectivity index (χ0v) is 20.9. The lowest BCUT2D eigenvalue weighted by atomic mass is 9.76. The minimum absolute atomic E-state index is 0.0144. The number of carbonyl (C=O) groups excluding carboxylic acids is 1. The van der Waals surface area contributed by atoms with Crippen molar-refractivity contribution in [2.24, 2.45) is 0 Å². The highest BCUT2D eigenvalue weighted by Crippen LogP contribution is 2.41. The number of halogens is 6. The number of nitrogens with zero attached hydrogens (tertiary/aromatic N) is 1. The fraction of sp³-hybridized carbons (Fsp3) is 0.194. The van der Waals surface area contributed by atoms with Crippen LogP contribution in [0.2, 0.25) is 0 Å². The molecule has 0 aliphatic heterocycles. The maximum Gasteiger partial charge on any atom is 0.416 e. The van der Waals surface area contributed by atoms with Crippen LogP contribution in [0.4, 0.5) is 32.0 Å². The van der Waals surface area contributed by atoms with Gasteiger partial charge in [-0.15, -0.1) is 0 Å². The second-order valence-corrected chi connectivity index (χ2v) is 9.20. The maximum atomic E-state index is 13.3. The molecular formula is C31H25F6NO. The predicted octanol–water partition coefficient (Wildman–Crippen LogP) is 8.69. The molecule has 1 unspecified atom stereocenters. The first-order valence-corrected chi connectivity index (χ1v) is 12.2. The third kappa shape index (κ3) is 6.69. The van der Waals surface area contributed by atoms with Crippen LogP contribution in [0.1, 0.15) is 46.6 Å². The SMILES string of the molecule is CC(=O)N(CC(c1ccc(C(F)(F)F)cc1)C(c1ccccc1)c1ccccc1)c1ccc(C(F)(F)F)cc1. The summed E-state index contributed by atoms with van der Waals surface area (Å²) in [5.74, 6) is -1.32. The van der Waals surface area contributed by atoms with Crippen molar-refractivity contribution in [2.75, 3.05) is 11.4 Å². The van der Waals surface area contributed by atoms with E-state index in [1.54, 1.807) is 0 Å². The van der Waals surface area contributed by atoms with E-state index in [-0.39, 0.29) is 18.2 Å². The van der Waals surface area contributed by atoms with Crippen molar-refractivity contribution in [1.29, 1.82) is 0 Å². The number of hydrogen-bond acceptors (Lipinski definition) is 1. The summed E-state index contributed by atoms with van der Waals surface area (Å²) in [5.41, 5.74) is 0.924. The Hall–Kier alpha value is -4.07. The molecule has 0 spiro atoms. The third-order valence-corrected chi connectivity index (χ3v) is 6.65. The third-order valence-electron chi connectivity index (χ3n) is 6.65. The quantitative estimate of drug-likeness (QED) is 0.214. The van der Waals surface area contributed by atoms with E-state index in [2.05, 4.69) is 0 Å². The van der Waals surface area contributed by atoms with E-state index in [0.29, 0.717) is 5.56 Å². The molecule has 4 aromatic carbocycles. The number of alkyl halides is 6. The highest BCUT2D eigenvalue weighted by atomic mass is 19.4. The molecule has 4 rings (SSSR count). The van der Waals surface area contributed by atoms with Crippen LogP contribution in [-0.2, 0) is 17.1 Å². The lowest BCUT2D eigenvalue weighted by Gasteiger charge is -2.34. The summed E-state index contributed by atoms with van der Waals surface area (Å²) in [5, 5.41) is 0. The van der Waals surface area contributed by atoms with Crippen molar-refractivity contribution in [2.45, 2.75) is 31.1 Å². The smallest absolute Gasteiger partial charge is 0.312 e. The normalized spacial score (nSPS) is 12.8. The van der Waals surface area contributed by atoms with Gasteiger partial charge >= 0.3 is 12.4 Å². The van der Waals surface area contributed by atoms with Gasteiger partial charge < -0.3 is 4.90 Å². The van der Waals surface area contributed by atoms with Gasteiger partial charge in [-0.1, -0.05) is 72.8 Å². The molecule has 0 saturated carbocycles. The predicted molar refractivity (Wildman–Crippen MR) is 138 cm³/mol. The van der Waals surface area contributed by atoms with Gasteiger partial charge in [-0.3, -0.25) is 4.79 Å². The summed E-state index contributed by atoms with van der Waals surface area (Å²) in [4.78, 5) is 14.2. The molecule has 1 atom stereocenters. The van der Waals surface area contributed by atoms with Gasteiger partial charge in [0.25, 0.3) is 0 Å². The Balaban J connectivity index is 1.84. The van der Waals surface area contributed by atoms with Crippen LogP contribution in [0.15, 0.2) is 109 Å². The molecule has 0 heterocycles. The Morgan fingerprint density at radius 2 is 1.03 bits per heavy atom. The van der Waals surface area contributed by atoms with Gasteiger partial charge in [0.2, 0.25) is 5.91 Å². The van der Waals surface area contributed by atoms with E-state index in [0.717, 1.165) is 35.4 Å². The average Bonchev–Trinajstić information content (AvgIpc) is 2.91. The molecule has 8 heteroatoms. The van der Waals surface area contributed by atoms with Crippen molar-refractivity contribution in [3.05, 3.63) is 137 Å².